The Kier molecular flexibility index (Phi) is 11.4. The van der Waals surface area contributed by atoms with Gasteiger partial charge in [0, 0.05) is 41.6 Å². The maximum atomic E-state index is 13.5. The van der Waals surface area contributed by atoms with Crippen LogP contribution in [0.5, 0.6) is 23.0 Å². The quantitative estimate of drug-likeness (QED) is 0.0673. The number of carbonyl (C=O) groups is 2. The number of rotatable bonds is 11. The molecule has 0 aliphatic carbocycles. The second kappa shape index (κ2) is 15.8. The van der Waals surface area contributed by atoms with Crippen molar-refractivity contribution in [3.8, 4) is 34.3 Å². The summed E-state index contributed by atoms with van der Waals surface area (Å²) in [6.45, 7) is 2.03. The number of phenolic OH excluding ortho intramolecular Hbond substituents is 3. The molecule has 2 aliphatic rings. The van der Waals surface area contributed by atoms with Crippen molar-refractivity contribution in [3.05, 3.63) is 69.6 Å². The molecular formula is C36H39NO18. The van der Waals surface area contributed by atoms with Gasteiger partial charge in [0.05, 0.1) is 0 Å². The van der Waals surface area contributed by atoms with E-state index in [2.05, 4.69) is 4.98 Å². The van der Waals surface area contributed by atoms with E-state index in [1.165, 1.54) is 12.1 Å². The molecule has 2 fully saturated rings. The lowest BCUT2D eigenvalue weighted by Gasteiger charge is -2.41. The summed E-state index contributed by atoms with van der Waals surface area (Å²) in [5.74, 6) is -5.27. The maximum absolute atomic E-state index is 13.5. The van der Waals surface area contributed by atoms with Gasteiger partial charge in [-0.3, -0.25) is 4.79 Å². The van der Waals surface area contributed by atoms with Gasteiger partial charge in [0.2, 0.25) is 12.6 Å². The number of phenols is 3. The number of hydrogen-bond donors (Lipinski definition) is 11. The Balaban J connectivity index is 1.36. The van der Waals surface area contributed by atoms with E-state index in [0.29, 0.717) is 5.56 Å². The van der Waals surface area contributed by atoms with Crippen LogP contribution in [0, 0.1) is 0 Å². The van der Waals surface area contributed by atoms with E-state index in [9.17, 15) is 65.4 Å². The number of aliphatic hydroxyl groups excluding tert-OH is 6. The smallest absolute Gasteiger partial charge is 0.340 e. The second-order valence-electron chi connectivity index (χ2n) is 13.3. The number of aromatic nitrogens is 1. The second-order valence-corrected chi connectivity index (χ2v) is 13.3. The van der Waals surface area contributed by atoms with Gasteiger partial charge in [-0.15, -0.1) is 0 Å². The number of esters is 1. The molecule has 2 aliphatic heterocycles. The Labute approximate surface area is 309 Å². The summed E-state index contributed by atoms with van der Waals surface area (Å²) < 4.78 is 27.3. The molecule has 55 heavy (non-hydrogen) atoms. The molecule has 0 radical (unpaired) electrons. The fraction of sp³-hybridized carbons (Fsp3) is 0.417. The van der Waals surface area contributed by atoms with Gasteiger partial charge in [-0.25, -0.2) is 9.59 Å². The number of aryl methyl sites for hydroxylation is 1. The molecule has 2 aromatic carbocycles. The normalized spacial score (nSPS) is 28.2. The van der Waals surface area contributed by atoms with E-state index in [4.69, 9.17) is 23.4 Å². The number of H-pyrrole nitrogens is 1. The van der Waals surface area contributed by atoms with Crippen molar-refractivity contribution < 1.29 is 84.0 Å². The van der Waals surface area contributed by atoms with Crippen LogP contribution in [0.15, 0.2) is 51.8 Å². The van der Waals surface area contributed by atoms with E-state index in [1.54, 1.807) is 6.20 Å². The van der Waals surface area contributed by atoms with E-state index in [0.717, 1.165) is 43.2 Å². The van der Waals surface area contributed by atoms with Gasteiger partial charge >= 0.3 is 11.9 Å². The van der Waals surface area contributed by atoms with Crippen LogP contribution >= 0.6 is 0 Å². The van der Waals surface area contributed by atoms with Crippen LogP contribution in [0.2, 0.25) is 0 Å². The summed E-state index contributed by atoms with van der Waals surface area (Å²) >= 11 is 0. The average Bonchev–Trinajstić information content (AvgIpc) is 3.60. The number of aliphatic hydroxyl groups is 6. The molecule has 0 amide bonds. The number of carboxylic acids is 1. The fourth-order valence-electron chi connectivity index (χ4n) is 6.32. The Morgan fingerprint density at radius 2 is 1.49 bits per heavy atom. The van der Waals surface area contributed by atoms with Crippen molar-refractivity contribution in [2.24, 2.45) is 0 Å². The van der Waals surface area contributed by atoms with Gasteiger partial charge < -0.3 is 79.4 Å². The van der Waals surface area contributed by atoms with E-state index >= 15 is 0 Å². The Morgan fingerprint density at radius 3 is 2.16 bits per heavy atom. The SMILES string of the molecule is CCCCc1cc(Cc2c(O[C@H]3O[C@H](C(=O)O[C@H]4O[C@H](C(=O)O)[C@@H](O)[C@H](O)[C@H]4O)[C@@H](O)[C@H](O)[C@H]3O)cc3oc(-c4ccc(O)c(O)c4)cc(=O)c3c2O)c[nH]1. The molecule has 0 bridgehead atoms. The summed E-state index contributed by atoms with van der Waals surface area (Å²) in [4.78, 5) is 41.3. The van der Waals surface area contributed by atoms with Crippen molar-refractivity contribution in [1.29, 1.82) is 0 Å². The highest BCUT2D eigenvalue weighted by Crippen LogP contribution is 2.40. The highest BCUT2D eigenvalue weighted by atomic mass is 16.7. The minimum Gasteiger partial charge on any atom is -0.507 e. The first kappa shape index (κ1) is 39.4. The third-order valence-electron chi connectivity index (χ3n) is 9.39. The van der Waals surface area contributed by atoms with E-state index in [-0.39, 0.29) is 40.0 Å². The summed E-state index contributed by atoms with van der Waals surface area (Å²) in [6.07, 6.45) is -17.3. The summed E-state index contributed by atoms with van der Waals surface area (Å²) in [5, 5.41) is 103. The molecule has 19 nitrogen and oxygen atoms in total. The number of carboxylic acid groups (broad SMARTS) is 1. The minimum absolute atomic E-state index is 0.0302. The summed E-state index contributed by atoms with van der Waals surface area (Å²) in [7, 11) is 0. The number of ether oxygens (including phenoxy) is 4. The van der Waals surface area contributed by atoms with Gasteiger partial charge in [-0.05, 0) is 42.7 Å². The number of hydrogen-bond acceptors (Lipinski definition) is 17. The Bertz CT molecular complexity index is 2110. The maximum Gasteiger partial charge on any atom is 0.340 e. The van der Waals surface area contributed by atoms with Gasteiger partial charge in [0.15, 0.2) is 29.1 Å². The standard InChI is InChI=1S/C36H39NO18/c1-2-3-4-15-7-13(12-37-15)8-16-21(11-22-23(24(16)41)19(40)10-20(51-22)14-5-6-17(38)18(39)9-14)52-35-29(46)26(43)28(45)32(54-35)34(50)55-36-30(47)25(42)27(44)31(53-36)33(48)49/h5-7,9-12,25-32,35-39,41-47H,2-4,8H2,1H3,(H,48,49)/t25-,26-,27-,28-,29+,30+,31-,32-,35-,36+/m0/s1. The lowest BCUT2D eigenvalue weighted by atomic mass is 9.97. The molecule has 6 rings (SSSR count). The van der Waals surface area contributed by atoms with Crippen LogP contribution in [0.25, 0.3) is 22.3 Å². The number of nitrogens with one attached hydrogen (secondary N) is 1. The van der Waals surface area contributed by atoms with Crippen LogP contribution in [-0.2, 0) is 36.6 Å². The van der Waals surface area contributed by atoms with E-state index in [1.807, 2.05) is 13.0 Å². The third-order valence-corrected chi connectivity index (χ3v) is 9.39. The number of aromatic amines is 1. The molecule has 10 atom stereocenters. The van der Waals surface area contributed by atoms with Gasteiger partial charge in [0.1, 0.15) is 64.9 Å². The molecule has 4 heterocycles. The first-order valence-corrected chi connectivity index (χ1v) is 17.1. The van der Waals surface area contributed by atoms with Crippen molar-refractivity contribution in [3.63, 3.8) is 0 Å². The summed E-state index contributed by atoms with van der Waals surface area (Å²) in [5.41, 5.74) is 0.679. The van der Waals surface area contributed by atoms with Crippen LogP contribution < -0.4 is 10.2 Å². The number of aliphatic carboxylic acids is 1. The number of aromatic hydroxyl groups is 3. The Hall–Kier alpha value is -5.25. The van der Waals surface area contributed by atoms with Gasteiger partial charge in [-0.2, -0.15) is 0 Å². The summed E-state index contributed by atoms with van der Waals surface area (Å²) in [6, 6.07) is 7.71. The lowest BCUT2D eigenvalue weighted by molar-refractivity contribution is -0.302. The average molecular weight is 774 g/mol. The molecule has 2 saturated heterocycles. The number of fused-ring (bicyclic) bond motifs is 1. The van der Waals surface area contributed by atoms with Crippen molar-refractivity contribution >= 4 is 22.9 Å². The molecule has 296 valence electrons. The third kappa shape index (κ3) is 7.82. The molecule has 0 spiro atoms. The number of unbranched alkanes of at least 4 members (excludes halogenated alkanes) is 1. The molecular weight excluding hydrogens is 734 g/mol. The highest BCUT2D eigenvalue weighted by molar-refractivity contribution is 5.88. The molecule has 0 unspecified atom stereocenters. The number of carbonyl (C=O) groups excluding carboxylic acids is 1. The Morgan fingerprint density at radius 1 is 0.818 bits per heavy atom. The highest BCUT2D eigenvalue weighted by Gasteiger charge is 2.52. The topological polar surface area (TPSA) is 319 Å². The zero-order valence-electron chi connectivity index (χ0n) is 28.9. The van der Waals surface area contributed by atoms with Crippen LogP contribution in [-0.4, -0.2) is 129 Å². The first-order chi connectivity index (χ1) is 26.1. The van der Waals surface area contributed by atoms with Crippen molar-refractivity contribution in [2.75, 3.05) is 0 Å². The minimum atomic E-state index is -2.21. The predicted molar refractivity (Wildman–Crippen MR) is 183 cm³/mol. The van der Waals surface area contributed by atoms with Crippen molar-refractivity contribution in [1.82, 2.24) is 4.98 Å². The number of benzene rings is 2. The van der Waals surface area contributed by atoms with Crippen LogP contribution in [0.1, 0.15) is 36.6 Å². The van der Waals surface area contributed by atoms with Crippen molar-refractivity contribution in [2.45, 2.75) is 94.0 Å². The van der Waals surface area contributed by atoms with Gasteiger partial charge in [0.25, 0.3) is 0 Å². The molecule has 0 saturated carbocycles. The predicted octanol–water partition coefficient (Wildman–Crippen LogP) is -0.540. The zero-order valence-corrected chi connectivity index (χ0v) is 28.9. The largest absolute Gasteiger partial charge is 0.507 e. The first-order valence-electron chi connectivity index (χ1n) is 17.1. The molecule has 2 aromatic heterocycles. The lowest BCUT2D eigenvalue weighted by Crippen LogP contribution is -2.63. The monoisotopic (exact) mass is 773 g/mol. The van der Waals surface area contributed by atoms with Gasteiger partial charge in [-0.1, -0.05) is 13.3 Å². The molecule has 19 heteroatoms. The van der Waals surface area contributed by atoms with E-state index < -0.39 is 96.0 Å². The van der Waals surface area contributed by atoms with Crippen LogP contribution in [0.4, 0.5) is 0 Å². The fourth-order valence-corrected chi connectivity index (χ4v) is 6.32. The molecule has 11 N–H and O–H groups in total. The van der Waals surface area contributed by atoms with Crippen LogP contribution in [0.3, 0.4) is 0 Å². The molecule has 4 aromatic rings. The zero-order chi connectivity index (χ0) is 39.9.